The topological polar surface area (TPSA) is 57.6 Å². The number of carbonyl (C=O) groups excluding carboxylic acids is 1. The molecule has 1 fully saturated rings. The quantitative estimate of drug-likeness (QED) is 0.723. The van der Waals surface area contributed by atoms with Crippen LogP contribution in [0.1, 0.15) is 65.2 Å². The molecule has 0 spiro atoms. The van der Waals surface area contributed by atoms with Crippen molar-refractivity contribution in [1.82, 2.24) is 4.90 Å². The van der Waals surface area contributed by atoms with Crippen LogP contribution < -0.4 is 0 Å². The fourth-order valence-corrected chi connectivity index (χ4v) is 2.76. The van der Waals surface area contributed by atoms with Gasteiger partial charge in [0.05, 0.1) is 5.41 Å². The molecule has 110 valence electrons. The fourth-order valence-electron chi connectivity index (χ4n) is 2.76. The second-order valence-electron chi connectivity index (χ2n) is 5.63. The third-order valence-corrected chi connectivity index (χ3v) is 4.45. The zero-order valence-corrected chi connectivity index (χ0v) is 12.3. The number of hydrogen-bond donors (Lipinski definition) is 1. The van der Waals surface area contributed by atoms with Crippen molar-refractivity contribution in [3.05, 3.63) is 0 Å². The van der Waals surface area contributed by atoms with Crippen LogP contribution >= 0.6 is 0 Å². The first-order valence-electron chi connectivity index (χ1n) is 7.57. The van der Waals surface area contributed by atoms with Crippen molar-refractivity contribution >= 4 is 11.9 Å². The van der Waals surface area contributed by atoms with Gasteiger partial charge in [-0.1, -0.05) is 33.1 Å². The Morgan fingerprint density at radius 2 is 1.74 bits per heavy atom. The van der Waals surface area contributed by atoms with E-state index in [1.807, 2.05) is 11.8 Å². The van der Waals surface area contributed by atoms with Gasteiger partial charge in [-0.3, -0.25) is 9.59 Å². The SMILES string of the molecule is CCCCCCC(=O)N1CCC(CC)(C(=O)O)CC1. The molecule has 0 unspecified atom stereocenters. The summed E-state index contributed by atoms with van der Waals surface area (Å²) in [5.74, 6) is -0.503. The van der Waals surface area contributed by atoms with Crippen LogP contribution in [0.15, 0.2) is 0 Å². The molecule has 0 aromatic heterocycles. The van der Waals surface area contributed by atoms with Gasteiger partial charge < -0.3 is 10.0 Å². The number of amides is 1. The van der Waals surface area contributed by atoms with Crippen molar-refractivity contribution in [2.45, 2.75) is 65.2 Å². The summed E-state index contributed by atoms with van der Waals surface area (Å²) in [6.07, 6.45) is 6.90. The predicted octanol–water partition coefficient (Wildman–Crippen LogP) is 3.06. The summed E-state index contributed by atoms with van der Waals surface area (Å²) in [7, 11) is 0. The summed E-state index contributed by atoms with van der Waals surface area (Å²) in [5, 5.41) is 9.31. The third-order valence-electron chi connectivity index (χ3n) is 4.45. The van der Waals surface area contributed by atoms with Gasteiger partial charge in [-0.05, 0) is 25.7 Å². The minimum atomic E-state index is -0.704. The van der Waals surface area contributed by atoms with E-state index in [0.29, 0.717) is 38.8 Å². The number of carboxylic acids is 1. The molecule has 4 nitrogen and oxygen atoms in total. The predicted molar refractivity (Wildman–Crippen MR) is 74.9 cm³/mol. The molecule has 0 saturated carbocycles. The minimum absolute atomic E-state index is 0.200. The van der Waals surface area contributed by atoms with Gasteiger partial charge in [0.2, 0.25) is 5.91 Å². The van der Waals surface area contributed by atoms with Crippen molar-refractivity contribution in [2.75, 3.05) is 13.1 Å². The highest BCUT2D eigenvalue weighted by Crippen LogP contribution is 2.35. The first kappa shape index (κ1) is 16.0. The summed E-state index contributed by atoms with van der Waals surface area (Å²) >= 11 is 0. The maximum Gasteiger partial charge on any atom is 0.309 e. The molecule has 0 radical (unpaired) electrons. The molecule has 0 atom stereocenters. The second kappa shape index (κ2) is 7.51. The van der Waals surface area contributed by atoms with E-state index in [2.05, 4.69) is 6.92 Å². The maximum atomic E-state index is 12.0. The lowest BCUT2D eigenvalue weighted by molar-refractivity contribution is -0.154. The van der Waals surface area contributed by atoms with E-state index >= 15 is 0 Å². The molecule has 0 aliphatic carbocycles. The summed E-state index contributed by atoms with van der Waals surface area (Å²) in [4.78, 5) is 25.2. The zero-order valence-electron chi connectivity index (χ0n) is 12.3. The van der Waals surface area contributed by atoms with E-state index in [0.717, 1.165) is 12.8 Å². The van der Waals surface area contributed by atoms with Gasteiger partial charge in [-0.25, -0.2) is 0 Å². The number of hydrogen-bond acceptors (Lipinski definition) is 2. The average Bonchev–Trinajstić information content (AvgIpc) is 2.43. The summed E-state index contributed by atoms with van der Waals surface area (Å²) in [6, 6.07) is 0. The molecule has 1 aliphatic rings. The molecule has 1 aliphatic heterocycles. The molecule has 0 aromatic rings. The van der Waals surface area contributed by atoms with Gasteiger partial charge >= 0.3 is 5.97 Å². The Hall–Kier alpha value is -1.06. The van der Waals surface area contributed by atoms with Gasteiger partial charge in [0.25, 0.3) is 0 Å². The summed E-state index contributed by atoms with van der Waals surface area (Å²) < 4.78 is 0. The van der Waals surface area contributed by atoms with Crippen molar-refractivity contribution in [3.8, 4) is 0 Å². The van der Waals surface area contributed by atoms with E-state index in [1.54, 1.807) is 0 Å². The standard InChI is InChI=1S/C15H27NO3/c1-3-5-6-7-8-13(17)16-11-9-15(4-2,10-12-16)14(18)19/h3-12H2,1-2H3,(H,18,19). The molecule has 1 rings (SSSR count). The number of likely N-dealkylation sites (tertiary alicyclic amines) is 1. The molecule has 1 heterocycles. The lowest BCUT2D eigenvalue weighted by atomic mass is 9.76. The van der Waals surface area contributed by atoms with Crippen molar-refractivity contribution < 1.29 is 14.7 Å². The normalized spacial score (nSPS) is 18.3. The maximum absolute atomic E-state index is 12.0. The summed E-state index contributed by atoms with van der Waals surface area (Å²) in [6.45, 7) is 5.29. The number of nitrogens with zero attached hydrogens (tertiary/aromatic N) is 1. The number of piperidine rings is 1. The zero-order chi connectivity index (χ0) is 14.3. The molecule has 19 heavy (non-hydrogen) atoms. The van der Waals surface area contributed by atoms with Crippen LogP contribution in [-0.2, 0) is 9.59 Å². The van der Waals surface area contributed by atoms with E-state index in [4.69, 9.17) is 0 Å². The summed E-state index contributed by atoms with van der Waals surface area (Å²) in [5.41, 5.74) is -0.598. The first-order valence-corrected chi connectivity index (χ1v) is 7.57. The Bertz CT molecular complexity index is 307. The highest BCUT2D eigenvalue weighted by Gasteiger charge is 2.40. The van der Waals surface area contributed by atoms with Crippen LogP contribution in [0, 0.1) is 5.41 Å². The Morgan fingerprint density at radius 1 is 1.11 bits per heavy atom. The van der Waals surface area contributed by atoms with Crippen molar-refractivity contribution in [3.63, 3.8) is 0 Å². The largest absolute Gasteiger partial charge is 0.481 e. The van der Waals surface area contributed by atoms with Crippen LogP contribution in [0.5, 0.6) is 0 Å². The van der Waals surface area contributed by atoms with Crippen LogP contribution in [0.25, 0.3) is 0 Å². The molecule has 0 bridgehead atoms. The number of rotatable bonds is 7. The molecular formula is C15H27NO3. The molecule has 1 N–H and O–H groups in total. The molecular weight excluding hydrogens is 242 g/mol. The minimum Gasteiger partial charge on any atom is -0.481 e. The number of aliphatic carboxylic acids is 1. The smallest absolute Gasteiger partial charge is 0.309 e. The van der Waals surface area contributed by atoms with E-state index in [-0.39, 0.29) is 5.91 Å². The first-order chi connectivity index (χ1) is 9.05. The number of carboxylic acid groups (broad SMARTS) is 1. The lowest BCUT2D eigenvalue weighted by Gasteiger charge is -2.38. The highest BCUT2D eigenvalue weighted by molar-refractivity contribution is 5.78. The second-order valence-corrected chi connectivity index (χ2v) is 5.63. The monoisotopic (exact) mass is 269 g/mol. The van der Waals surface area contributed by atoms with Crippen LogP contribution in [-0.4, -0.2) is 35.0 Å². The Morgan fingerprint density at radius 3 is 2.21 bits per heavy atom. The van der Waals surface area contributed by atoms with Crippen LogP contribution in [0.4, 0.5) is 0 Å². The van der Waals surface area contributed by atoms with Gasteiger partial charge in [0.15, 0.2) is 0 Å². The van der Waals surface area contributed by atoms with E-state index in [1.165, 1.54) is 12.8 Å². The van der Waals surface area contributed by atoms with Gasteiger partial charge in [-0.2, -0.15) is 0 Å². The lowest BCUT2D eigenvalue weighted by Crippen LogP contribution is -2.46. The molecule has 4 heteroatoms. The number of unbranched alkanes of at least 4 members (excludes halogenated alkanes) is 3. The van der Waals surface area contributed by atoms with Gasteiger partial charge in [0, 0.05) is 19.5 Å². The molecule has 1 saturated heterocycles. The van der Waals surface area contributed by atoms with Crippen LogP contribution in [0.2, 0.25) is 0 Å². The van der Waals surface area contributed by atoms with Crippen molar-refractivity contribution in [2.24, 2.45) is 5.41 Å². The third kappa shape index (κ3) is 4.22. The van der Waals surface area contributed by atoms with E-state index < -0.39 is 11.4 Å². The van der Waals surface area contributed by atoms with Gasteiger partial charge in [-0.15, -0.1) is 0 Å². The Balaban J connectivity index is 2.36. The van der Waals surface area contributed by atoms with Crippen LogP contribution in [0.3, 0.4) is 0 Å². The fraction of sp³-hybridized carbons (Fsp3) is 0.867. The molecule has 1 amide bonds. The Labute approximate surface area is 116 Å². The molecule has 0 aromatic carbocycles. The highest BCUT2D eigenvalue weighted by atomic mass is 16.4. The van der Waals surface area contributed by atoms with Crippen molar-refractivity contribution in [1.29, 1.82) is 0 Å². The number of carbonyl (C=O) groups is 2. The average molecular weight is 269 g/mol. The Kier molecular flexibility index (Phi) is 6.32. The van der Waals surface area contributed by atoms with E-state index in [9.17, 15) is 14.7 Å². The van der Waals surface area contributed by atoms with Gasteiger partial charge in [0.1, 0.15) is 0 Å².